The van der Waals surface area contributed by atoms with Crippen molar-refractivity contribution in [2.45, 2.75) is 12.8 Å². The fourth-order valence-electron chi connectivity index (χ4n) is 0.999. The van der Waals surface area contributed by atoms with Crippen LogP contribution < -0.4 is 0 Å². The monoisotopic (exact) mass is 276 g/mol. The van der Waals surface area contributed by atoms with Gasteiger partial charge in [0.2, 0.25) is 0 Å². The van der Waals surface area contributed by atoms with E-state index >= 15 is 0 Å². The molecule has 0 radical (unpaired) electrons. The molecule has 0 saturated carbocycles. The standard InChI is InChI=1S/C10H10FI/c1-3-7(2)8-5-4-6-9(12)10(8)11/h3-7H,1H2,2H3. The molecule has 1 aromatic carbocycles. The molecule has 0 aliphatic heterocycles. The molecule has 0 saturated heterocycles. The van der Waals surface area contributed by atoms with Crippen LogP contribution >= 0.6 is 22.6 Å². The summed E-state index contributed by atoms with van der Waals surface area (Å²) in [4.78, 5) is 0. The maximum absolute atomic E-state index is 13.4. The van der Waals surface area contributed by atoms with E-state index in [4.69, 9.17) is 0 Å². The van der Waals surface area contributed by atoms with Crippen LogP contribution in [-0.2, 0) is 0 Å². The number of halogens is 2. The molecule has 1 aromatic rings. The molecule has 64 valence electrons. The Morgan fingerprint density at radius 3 is 2.83 bits per heavy atom. The predicted octanol–water partition coefficient (Wildman–Crippen LogP) is 3.72. The summed E-state index contributed by atoms with van der Waals surface area (Å²) in [6.07, 6.45) is 1.74. The summed E-state index contributed by atoms with van der Waals surface area (Å²) in [6, 6.07) is 5.42. The maximum Gasteiger partial charge on any atom is 0.140 e. The quantitative estimate of drug-likeness (QED) is 0.570. The van der Waals surface area contributed by atoms with Crippen LogP contribution in [0.2, 0.25) is 0 Å². The summed E-state index contributed by atoms with van der Waals surface area (Å²) in [5.41, 5.74) is 0.719. The Bertz CT molecular complexity index is 294. The number of rotatable bonds is 2. The minimum atomic E-state index is -0.120. The van der Waals surface area contributed by atoms with Crippen LogP contribution in [0, 0.1) is 9.39 Å². The van der Waals surface area contributed by atoms with E-state index < -0.39 is 0 Å². The first-order valence-electron chi connectivity index (χ1n) is 3.73. The third kappa shape index (κ3) is 1.86. The first-order chi connectivity index (χ1) is 5.66. The van der Waals surface area contributed by atoms with Crippen LogP contribution in [0.3, 0.4) is 0 Å². The number of hydrogen-bond donors (Lipinski definition) is 0. The summed E-state index contributed by atoms with van der Waals surface area (Å²) < 4.78 is 14.0. The van der Waals surface area contributed by atoms with Gasteiger partial charge in [-0.15, -0.1) is 6.58 Å². The van der Waals surface area contributed by atoms with Crippen molar-refractivity contribution >= 4 is 22.6 Å². The van der Waals surface area contributed by atoms with Crippen LogP contribution in [-0.4, -0.2) is 0 Å². The Kier molecular flexibility index (Phi) is 3.26. The highest BCUT2D eigenvalue weighted by Gasteiger charge is 2.09. The van der Waals surface area contributed by atoms with Crippen LogP contribution in [0.1, 0.15) is 18.4 Å². The second-order valence-electron chi connectivity index (χ2n) is 2.67. The Morgan fingerprint density at radius 1 is 1.58 bits per heavy atom. The number of hydrogen-bond acceptors (Lipinski definition) is 0. The molecule has 1 unspecified atom stereocenters. The molecule has 0 bridgehead atoms. The maximum atomic E-state index is 13.4. The molecule has 0 amide bonds. The van der Waals surface area contributed by atoms with Gasteiger partial charge in [-0.25, -0.2) is 4.39 Å². The van der Waals surface area contributed by atoms with Crippen molar-refractivity contribution < 1.29 is 4.39 Å². The van der Waals surface area contributed by atoms with Crippen molar-refractivity contribution in [1.29, 1.82) is 0 Å². The van der Waals surface area contributed by atoms with E-state index in [9.17, 15) is 4.39 Å². The van der Waals surface area contributed by atoms with E-state index in [2.05, 4.69) is 6.58 Å². The van der Waals surface area contributed by atoms with Gasteiger partial charge in [0.15, 0.2) is 0 Å². The molecule has 0 fully saturated rings. The summed E-state index contributed by atoms with van der Waals surface area (Å²) in [5, 5.41) is 0. The molecule has 0 heterocycles. The number of benzene rings is 1. The smallest absolute Gasteiger partial charge is 0.140 e. The Labute approximate surface area is 85.6 Å². The predicted molar refractivity (Wildman–Crippen MR) is 57.7 cm³/mol. The summed E-state index contributed by atoms with van der Waals surface area (Å²) in [7, 11) is 0. The lowest BCUT2D eigenvalue weighted by atomic mass is 10.0. The third-order valence-corrected chi connectivity index (χ3v) is 2.66. The van der Waals surface area contributed by atoms with Gasteiger partial charge in [0.05, 0.1) is 0 Å². The van der Waals surface area contributed by atoms with Gasteiger partial charge in [0.25, 0.3) is 0 Å². The second-order valence-corrected chi connectivity index (χ2v) is 3.83. The fourth-order valence-corrected chi connectivity index (χ4v) is 1.52. The first-order valence-corrected chi connectivity index (χ1v) is 4.81. The van der Waals surface area contributed by atoms with Crippen LogP contribution in [0.5, 0.6) is 0 Å². The minimum absolute atomic E-state index is 0.0831. The zero-order chi connectivity index (χ0) is 9.14. The van der Waals surface area contributed by atoms with Gasteiger partial charge in [0, 0.05) is 9.49 Å². The molecule has 0 aromatic heterocycles. The Balaban J connectivity index is 3.15. The van der Waals surface area contributed by atoms with Crippen molar-refractivity contribution in [3.63, 3.8) is 0 Å². The van der Waals surface area contributed by atoms with E-state index in [1.807, 2.05) is 35.6 Å². The van der Waals surface area contributed by atoms with Gasteiger partial charge >= 0.3 is 0 Å². The zero-order valence-electron chi connectivity index (χ0n) is 6.85. The molecule has 0 aliphatic rings. The van der Waals surface area contributed by atoms with Gasteiger partial charge in [-0.2, -0.15) is 0 Å². The van der Waals surface area contributed by atoms with Gasteiger partial charge in [0.1, 0.15) is 5.82 Å². The summed E-state index contributed by atoms with van der Waals surface area (Å²) >= 11 is 1.99. The van der Waals surface area contributed by atoms with E-state index in [1.165, 1.54) is 0 Å². The normalized spacial score (nSPS) is 12.6. The summed E-state index contributed by atoms with van der Waals surface area (Å²) in [5.74, 6) is -0.0368. The van der Waals surface area contributed by atoms with Crippen LogP contribution in [0.4, 0.5) is 4.39 Å². The SMILES string of the molecule is C=CC(C)c1cccc(I)c1F. The lowest BCUT2D eigenvalue weighted by Gasteiger charge is -2.08. The van der Waals surface area contributed by atoms with Gasteiger partial charge in [-0.05, 0) is 34.2 Å². The van der Waals surface area contributed by atoms with Crippen LogP contribution in [0.15, 0.2) is 30.9 Å². The molecule has 0 nitrogen and oxygen atoms in total. The highest BCUT2D eigenvalue weighted by atomic mass is 127. The zero-order valence-corrected chi connectivity index (χ0v) is 9.01. The molecule has 0 spiro atoms. The highest BCUT2D eigenvalue weighted by molar-refractivity contribution is 14.1. The van der Waals surface area contributed by atoms with Crippen molar-refractivity contribution in [2.75, 3.05) is 0 Å². The molecule has 1 rings (SSSR count). The lowest BCUT2D eigenvalue weighted by molar-refractivity contribution is 0.598. The molecule has 0 aliphatic carbocycles. The topological polar surface area (TPSA) is 0 Å². The Hall–Kier alpha value is -0.380. The van der Waals surface area contributed by atoms with Crippen molar-refractivity contribution in [1.82, 2.24) is 0 Å². The van der Waals surface area contributed by atoms with Crippen molar-refractivity contribution in [3.8, 4) is 0 Å². The lowest BCUT2D eigenvalue weighted by Crippen LogP contribution is -1.95. The van der Waals surface area contributed by atoms with Crippen molar-refractivity contribution in [2.24, 2.45) is 0 Å². The fraction of sp³-hybridized carbons (Fsp3) is 0.200. The molecular weight excluding hydrogens is 266 g/mol. The van der Waals surface area contributed by atoms with E-state index in [1.54, 1.807) is 18.2 Å². The molecule has 0 N–H and O–H groups in total. The molecule has 2 heteroatoms. The summed E-state index contributed by atoms with van der Waals surface area (Å²) in [6.45, 7) is 5.57. The molecular formula is C10H10FI. The minimum Gasteiger partial charge on any atom is -0.206 e. The van der Waals surface area contributed by atoms with Gasteiger partial charge in [-0.3, -0.25) is 0 Å². The highest BCUT2D eigenvalue weighted by Crippen LogP contribution is 2.22. The van der Waals surface area contributed by atoms with Gasteiger partial charge in [-0.1, -0.05) is 25.1 Å². The van der Waals surface area contributed by atoms with E-state index in [-0.39, 0.29) is 11.7 Å². The van der Waals surface area contributed by atoms with E-state index in [0.717, 1.165) is 5.56 Å². The molecule has 12 heavy (non-hydrogen) atoms. The van der Waals surface area contributed by atoms with Crippen molar-refractivity contribution in [3.05, 3.63) is 45.8 Å². The first kappa shape index (κ1) is 9.71. The largest absolute Gasteiger partial charge is 0.206 e. The molecule has 1 atom stereocenters. The third-order valence-electron chi connectivity index (χ3n) is 1.83. The van der Waals surface area contributed by atoms with Crippen LogP contribution in [0.25, 0.3) is 0 Å². The van der Waals surface area contributed by atoms with Gasteiger partial charge < -0.3 is 0 Å². The average Bonchev–Trinajstić information content (AvgIpc) is 2.08. The average molecular weight is 276 g/mol. The Morgan fingerprint density at radius 2 is 2.25 bits per heavy atom. The van der Waals surface area contributed by atoms with E-state index in [0.29, 0.717) is 3.57 Å². The number of allylic oxidation sites excluding steroid dienone is 1. The second kappa shape index (κ2) is 4.03.